The molecule has 156 valence electrons. The Morgan fingerprint density at radius 2 is 1.90 bits per heavy atom. The van der Waals surface area contributed by atoms with Crippen LogP contribution in [0.5, 0.6) is 5.75 Å². The Kier molecular flexibility index (Phi) is 8.58. The van der Waals surface area contributed by atoms with Crippen molar-refractivity contribution >= 4 is 6.29 Å². The van der Waals surface area contributed by atoms with Crippen molar-refractivity contribution in [3.63, 3.8) is 0 Å². The van der Waals surface area contributed by atoms with Gasteiger partial charge in [0.05, 0.1) is 20.3 Å². The van der Waals surface area contributed by atoms with Crippen LogP contribution in [-0.4, -0.2) is 66.2 Å². The Hall–Kier alpha value is -2.32. The number of nitrogens with zero attached hydrogens (tertiary/aromatic N) is 4. The van der Waals surface area contributed by atoms with Gasteiger partial charge in [-0.1, -0.05) is 18.2 Å². The van der Waals surface area contributed by atoms with E-state index in [1.54, 1.807) is 13.3 Å². The Morgan fingerprint density at radius 1 is 1.10 bits per heavy atom. The van der Waals surface area contributed by atoms with E-state index in [-0.39, 0.29) is 0 Å². The van der Waals surface area contributed by atoms with Crippen molar-refractivity contribution in [3.05, 3.63) is 59.9 Å². The molecule has 0 N–H and O–H groups in total. The minimum atomic E-state index is 0.523. The molecular formula is C22H30N4O3. The van der Waals surface area contributed by atoms with Gasteiger partial charge in [-0.2, -0.15) is 0 Å². The summed E-state index contributed by atoms with van der Waals surface area (Å²) in [6.07, 6.45) is 5.92. The maximum Gasteiger partial charge on any atom is 0.120 e. The van der Waals surface area contributed by atoms with Gasteiger partial charge >= 0.3 is 0 Å². The molecule has 1 aliphatic rings. The SMILES string of the molecule is COc1ccc(CN(OCCCC=O)N2CCN(Cc3cccnc3)CC2)cc1. The van der Waals surface area contributed by atoms with E-state index < -0.39 is 0 Å². The zero-order chi connectivity index (χ0) is 20.3. The topological polar surface area (TPSA) is 58.1 Å². The third-order valence-corrected chi connectivity index (χ3v) is 4.98. The number of rotatable bonds is 11. The Morgan fingerprint density at radius 3 is 2.55 bits per heavy atom. The van der Waals surface area contributed by atoms with Crippen molar-refractivity contribution in [1.29, 1.82) is 0 Å². The average molecular weight is 399 g/mol. The first-order valence-corrected chi connectivity index (χ1v) is 10.1. The highest BCUT2D eigenvalue weighted by Gasteiger charge is 2.23. The van der Waals surface area contributed by atoms with E-state index in [1.807, 2.05) is 29.6 Å². The number of methoxy groups -OCH3 is 1. The number of piperazine rings is 1. The van der Waals surface area contributed by atoms with E-state index in [0.717, 1.165) is 56.7 Å². The highest BCUT2D eigenvalue weighted by molar-refractivity contribution is 5.48. The summed E-state index contributed by atoms with van der Waals surface area (Å²) < 4.78 is 5.24. The minimum Gasteiger partial charge on any atom is -0.497 e. The molecule has 0 spiro atoms. The van der Waals surface area contributed by atoms with Gasteiger partial charge in [0.25, 0.3) is 0 Å². The second-order valence-corrected chi connectivity index (χ2v) is 7.09. The molecule has 0 atom stereocenters. The van der Waals surface area contributed by atoms with Gasteiger partial charge in [0.1, 0.15) is 12.0 Å². The molecule has 7 nitrogen and oxygen atoms in total. The minimum absolute atomic E-state index is 0.523. The molecule has 1 aliphatic heterocycles. The number of hydrazine groups is 1. The normalized spacial score (nSPS) is 15.5. The summed E-state index contributed by atoms with van der Waals surface area (Å²) in [4.78, 5) is 23.3. The van der Waals surface area contributed by atoms with E-state index in [0.29, 0.717) is 19.6 Å². The van der Waals surface area contributed by atoms with Crippen LogP contribution in [-0.2, 0) is 22.7 Å². The van der Waals surface area contributed by atoms with Crippen molar-refractivity contribution in [2.75, 3.05) is 39.9 Å². The van der Waals surface area contributed by atoms with Crippen molar-refractivity contribution in [1.82, 2.24) is 20.1 Å². The smallest absolute Gasteiger partial charge is 0.120 e. The van der Waals surface area contributed by atoms with Crippen LogP contribution in [0.1, 0.15) is 24.0 Å². The molecule has 1 saturated heterocycles. The Labute approximate surface area is 172 Å². The number of ether oxygens (including phenoxy) is 1. The van der Waals surface area contributed by atoms with E-state index in [1.165, 1.54) is 5.56 Å². The maximum atomic E-state index is 10.6. The molecule has 0 aliphatic carbocycles. The molecule has 1 aromatic carbocycles. The van der Waals surface area contributed by atoms with Crippen LogP contribution >= 0.6 is 0 Å². The third-order valence-electron chi connectivity index (χ3n) is 4.98. The molecule has 0 saturated carbocycles. The first-order valence-electron chi connectivity index (χ1n) is 10.1. The second-order valence-electron chi connectivity index (χ2n) is 7.09. The fourth-order valence-electron chi connectivity index (χ4n) is 3.32. The molecule has 2 heterocycles. The lowest BCUT2D eigenvalue weighted by Crippen LogP contribution is -2.53. The summed E-state index contributed by atoms with van der Waals surface area (Å²) in [6.45, 7) is 5.82. The number of hydrogen-bond donors (Lipinski definition) is 0. The van der Waals surface area contributed by atoms with E-state index in [4.69, 9.17) is 9.57 Å². The summed E-state index contributed by atoms with van der Waals surface area (Å²) >= 11 is 0. The third kappa shape index (κ3) is 6.90. The van der Waals surface area contributed by atoms with Crippen LogP contribution in [0.2, 0.25) is 0 Å². The monoisotopic (exact) mass is 398 g/mol. The zero-order valence-corrected chi connectivity index (χ0v) is 17.1. The number of hydroxylamine groups is 1. The van der Waals surface area contributed by atoms with E-state index in [9.17, 15) is 4.79 Å². The van der Waals surface area contributed by atoms with Gasteiger partial charge in [-0.3, -0.25) is 14.7 Å². The average Bonchev–Trinajstić information content (AvgIpc) is 2.78. The van der Waals surface area contributed by atoms with Crippen LogP contribution < -0.4 is 4.74 Å². The Balaban J connectivity index is 1.55. The predicted octanol–water partition coefficient (Wildman–Crippen LogP) is 2.54. The van der Waals surface area contributed by atoms with E-state index in [2.05, 4.69) is 33.1 Å². The molecule has 1 fully saturated rings. The number of hydrogen-bond acceptors (Lipinski definition) is 7. The Bertz CT molecular complexity index is 719. The highest BCUT2D eigenvalue weighted by atomic mass is 16.7. The fourth-order valence-corrected chi connectivity index (χ4v) is 3.32. The van der Waals surface area contributed by atoms with Crippen molar-refractivity contribution in [2.45, 2.75) is 25.9 Å². The van der Waals surface area contributed by atoms with Gasteiger partial charge in [0, 0.05) is 51.5 Å². The standard InChI is InChI=1S/C22H30N4O3/c1-28-22-8-6-20(7-9-22)19-26(29-16-3-2-15-27)25-13-11-24(12-14-25)18-21-5-4-10-23-17-21/h4-10,15,17H,2-3,11-14,16,18-19H2,1H3. The molecule has 3 rings (SSSR count). The number of aldehydes is 1. The van der Waals surface area contributed by atoms with Gasteiger partial charge in [0.15, 0.2) is 0 Å². The lowest BCUT2D eigenvalue weighted by atomic mass is 10.2. The first-order chi connectivity index (χ1) is 14.3. The van der Waals surface area contributed by atoms with Gasteiger partial charge in [-0.25, -0.2) is 5.01 Å². The van der Waals surface area contributed by atoms with Gasteiger partial charge in [-0.15, -0.1) is 5.17 Å². The molecule has 1 aromatic heterocycles. The fraction of sp³-hybridized carbons (Fsp3) is 0.455. The lowest BCUT2D eigenvalue weighted by molar-refractivity contribution is -0.298. The zero-order valence-electron chi connectivity index (χ0n) is 17.1. The quantitative estimate of drug-likeness (QED) is 0.327. The molecule has 7 heteroatoms. The van der Waals surface area contributed by atoms with Crippen molar-refractivity contribution in [2.24, 2.45) is 0 Å². The van der Waals surface area contributed by atoms with Crippen LogP contribution in [0.15, 0.2) is 48.8 Å². The molecule has 0 radical (unpaired) electrons. The number of carbonyl (C=O) groups is 1. The van der Waals surface area contributed by atoms with Crippen LogP contribution in [0.3, 0.4) is 0 Å². The molecule has 0 amide bonds. The molecular weight excluding hydrogens is 368 g/mol. The summed E-state index contributed by atoms with van der Waals surface area (Å²) in [6, 6.07) is 12.1. The van der Waals surface area contributed by atoms with Crippen molar-refractivity contribution < 1.29 is 14.4 Å². The van der Waals surface area contributed by atoms with Crippen molar-refractivity contribution in [3.8, 4) is 5.75 Å². The molecule has 29 heavy (non-hydrogen) atoms. The molecule has 2 aromatic rings. The summed E-state index contributed by atoms with van der Waals surface area (Å²) in [5.41, 5.74) is 2.39. The van der Waals surface area contributed by atoms with Gasteiger partial charge < -0.3 is 9.53 Å². The molecule has 0 bridgehead atoms. The summed E-state index contributed by atoms with van der Waals surface area (Å²) in [5, 5.41) is 4.21. The number of pyridine rings is 1. The second kappa shape index (κ2) is 11.6. The summed E-state index contributed by atoms with van der Waals surface area (Å²) in [7, 11) is 1.67. The van der Waals surface area contributed by atoms with Crippen LogP contribution in [0.25, 0.3) is 0 Å². The van der Waals surface area contributed by atoms with E-state index >= 15 is 0 Å². The largest absolute Gasteiger partial charge is 0.497 e. The molecule has 0 unspecified atom stereocenters. The number of carbonyl (C=O) groups excluding carboxylic acids is 1. The van der Waals surface area contributed by atoms with Gasteiger partial charge in [-0.05, 0) is 35.7 Å². The first kappa shape index (κ1) is 21.4. The predicted molar refractivity (Wildman–Crippen MR) is 111 cm³/mol. The maximum absolute atomic E-state index is 10.6. The summed E-state index contributed by atoms with van der Waals surface area (Å²) in [5.74, 6) is 0.844. The van der Waals surface area contributed by atoms with Crippen LogP contribution in [0.4, 0.5) is 0 Å². The number of aromatic nitrogens is 1. The van der Waals surface area contributed by atoms with Gasteiger partial charge in [0.2, 0.25) is 0 Å². The lowest BCUT2D eigenvalue weighted by Gasteiger charge is -2.40. The number of benzene rings is 1. The van der Waals surface area contributed by atoms with Crippen LogP contribution in [0, 0.1) is 0 Å². The highest BCUT2D eigenvalue weighted by Crippen LogP contribution is 2.16. The number of unbranched alkanes of at least 4 members (excludes halogenated alkanes) is 1.